The van der Waals surface area contributed by atoms with Gasteiger partial charge in [-0.25, -0.2) is 9.89 Å². The lowest BCUT2D eigenvalue weighted by molar-refractivity contribution is -0.142. The molecular formula is C9H16N4O3S. The number of nitrogens with one attached hydrogen (secondary N) is 1. The maximum absolute atomic E-state index is 11.3. The minimum atomic E-state index is -1.25. The number of hydrogen-bond donors (Lipinski definition) is 3. The average molecular weight is 260 g/mol. The molecule has 17 heavy (non-hydrogen) atoms. The van der Waals surface area contributed by atoms with E-state index >= 15 is 0 Å². The summed E-state index contributed by atoms with van der Waals surface area (Å²) in [4.78, 5) is 22.0. The highest BCUT2D eigenvalue weighted by atomic mass is 32.2. The second kappa shape index (κ2) is 5.37. The molecule has 1 aromatic heterocycles. The van der Waals surface area contributed by atoms with Crippen LogP contribution in [-0.4, -0.2) is 37.1 Å². The number of carboxylic acid groups (broad SMARTS) is 1. The van der Waals surface area contributed by atoms with Crippen LogP contribution < -0.4 is 11.4 Å². The van der Waals surface area contributed by atoms with Crippen LogP contribution in [0.3, 0.4) is 0 Å². The van der Waals surface area contributed by atoms with Gasteiger partial charge in [-0.1, -0.05) is 11.8 Å². The molecule has 0 saturated heterocycles. The highest BCUT2D eigenvalue weighted by molar-refractivity contribution is 7.99. The molecule has 0 aliphatic rings. The maximum atomic E-state index is 11.3. The van der Waals surface area contributed by atoms with Crippen LogP contribution in [0, 0.1) is 0 Å². The summed E-state index contributed by atoms with van der Waals surface area (Å²) in [7, 11) is 0. The van der Waals surface area contributed by atoms with Gasteiger partial charge in [0.1, 0.15) is 5.54 Å². The van der Waals surface area contributed by atoms with Crippen molar-refractivity contribution in [2.24, 2.45) is 5.73 Å². The molecular weight excluding hydrogens is 244 g/mol. The normalized spacial score (nSPS) is 14.5. The summed E-state index contributed by atoms with van der Waals surface area (Å²) >= 11 is 1.31. The lowest BCUT2D eigenvalue weighted by Crippen LogP contribution is -2.45. The van der Waals surface area contributed by atoms with Crippen molar-refractivity contribution >= 4 is 17.7 Å². The smallest absolute Gasteiger partial charge is 0.343 e. The van der Waals surface area contributed by atoms with Crippen molar-refractivity contribution in [1.29, 1.82) is 0 Å². The number of carbonyl (C=O) groups is 1. The largest absolute Gasteiger partial charge is 0.480 e. The fourth-order valence-corrected chi connectivity index (χ4v) is 2.34. The molecule has 0 spiro atoms. The maximum Gasteiger partial charge on any atom is 0.343 e. The Labute approximate surface area is 102 Å². The fraction of sp³-hybridized carbons (Fsp3) is 0.667. The molecule has 1 aromatic rings. The van der Waals surface area contributed by atoms with Crippen molar-refractivity contribution in [3.05, 3.63) is 10.5 Å². The van der Waals surface area contributed by atoms with Gasteiger partial charge in [-0.05, 0) is 20.3 Å². The molecule has 7 nitrogen and oxygen atoms in total. The summed E-state index contributed by atoms with van der Waals surface area (Å²) in [6.07, 6.45) is 0.303. The quantitative estimate of drug-likeness (QED) is 0.614. The van der Waals surface area contributed by atoms with Gasteiger partial charge in [-0.2, -0.15) is 0 Å². The highest BCUT2D eigenvalue weighted by Crippen LogP contribution is 2.18. The molecule has 0 aliphatic heterocycles. The minimum absolute atomic E-state index is 0.260. The van der Waals surface area contributed by atoms with E-state index in [9.17, 15) is 9.59 Å². The molecule has 8 heteroatoms. The predicted molar refractivity (Wildman–Crippen MR) is 64.1 cm³/mol. The Balaban J connectivity index is 2.57. The Kier molecular flexibility index (Phi) is 4.35. The van der Waals surface area contributed by atoms with Crippen molar-refractivity contribution in [3.63, 3.8) is 0 Å². The van der Waals surface area contributed by atoms with Crippen LogP contribution in [0.15, 0.2) is 9.95 Å². The number of carboxylic acids is 1. The molecule has 0 bridgehead atoms. The first-order valence-electron chi connectivity index (χ1n) is 5.18. The molecule has 1 heterocycles. The molecule has 0 amide bonds. The number of nitrogens with zero attached hydrogens (tertiary/aromatic N) is 2. The van der Waals surface area contributed by atoms with Gasteiger partial charge in [0.2, 0.25) is 0 Å². The summed E-state index contributed by atoms with van der Waals surface area (Å²) in [6.45, 7) is 3.83. The third-order valence-electron chi connectivity index (χ3n) is 2.38. The van der Waals surface area contributed by atoms with Crippen LogP contribution in [0.5, 0.6) is 0 Å². The lowest BCUT2D eigenvalue weighted by Gasteiger charge is -2.18. The Morgan fingerprint density at radius 2 is 2.35 bits per heavy atom. The molecule has 1 atom stereocenters. The van der Waals surface area contributed by atoms with Crippen LogP contribution in [0.1, 0.15) is 20.3 Å². The van der Waals surface area contributed by atoms with E-state index in [1.54, 1.807) is 0 Å². The zero-order chi connectivity index (χ0) is 13.1. The van der Waals surface area contributed by atoms with Crippen molar-refractivity contribution in [1.82, 2.24) is 14.8 Å². The second-order valence-electron chi connectivity index (χ2n) is 3.88. The third-order valence-corrected chi connectivity index (χ3v) is 3.36. The zero-order valence-electron chi connectivity index (χ0n) is 9.77. The molecule has 0 saturated carbocycles. The van der Waals surface area contributed by atoms with Crippen LogP contribution >= 0.6 is 11.8 Å². The van der Waals surface area contributed by atoms with Crippen LogP contribution in [0.2, 0.25) is 0 Å². The standard InChI is InChI=1S/C9H16N4O3S/c1-3-13-7(16)11-12-8(13)17-5-4-9(2,10)6(14)15/h3-5,10H2,1-2H3,(H,11,16)(H,14,15). The Bertz CT molecular complexity index is 451. The number of rotatable bonds is 6. The molecule has 96 valence electrons. The van der Waals surface area contributed by atoms with Gasteiger partial charge in [-0.15, -0.1) is 5.10 Å². The zero-order valence-corrected chi connectivity index (χ0v) is 10.6. The summed E-state index contributed by atoms with van der Waals surface area (Å²) < 4.78 is 1.49. The van der Waals surface area contributed by atoms with Crippen molar-refractivity contribution in [2.45, 2.75) is 37.5 Å². The van der Waals surface area contributed by atoms with Crippen molar-refractivity contribution < 1.29 is 9.90 Å². The van der Waals surface area contributed by atoms with E-state index in [1.807, 2.05) is 6.92 Å². The van der Waals surface area contributed by atoms with Crippen LogP contribution in [0.4, 0.5) is 0 Å². The lowest BCUT2D eigenvalue weighted by atomic mass is 10.0. The Morgan fingerprint density at radius 1 is 1.71 bits per heavy atom. The third kappa shape index (κ3) is 3.34. The van der Waals surface area contributed by atoms with Gasteiger partial charge in [-0.3, -0.25) is 9.36 Å². The van der Waals surface area contributed by atoms with E-state index < -0.39 is 11.5 Å². The Morgan fingerprint density at radius 3 is 2.88 bits per heavy atom. The summed E-state index contributed by atoms with van der Waals surface area (Å²) in [5, 5.41) is 15.6. The van der Waals surface area contributed by atoms with E-state index in [0.717, 1.165) is 0 Å². The number of hydrogen-bond acceptors (Lipinski definition) is 5. The molecule has 1 rings (SSSR count). The van der Waals surface area contributed by atoms with E-state index in [2.05, 4.69) is 10.2 Å². The number of nitrogens with two attached hydrogens (primary N) is 1. The minimum Gasteiger partial charge on any atom is -0.480 e. The highest BCUT2D eigenvalue weighted by Gasteiger charge is 2.27. The molecule has 0 aliphatic carbocycles. The average Bonchev–Trinajstić information content (AvgIpc) is 2.59. The molecule has 4 N–H and O–H groups in total. The number of H-pyrrole nitrogens is 1. The molecule has 0 fully saturated rings. The van der Waals surface area contributed by atoms with Crippen molar-refractivity contribution in [2.75, 3.05) is 5.75 Å². The second-order valence-corrected chi connectivity index (χ2v) is 4.94. The summed E-state index contributed by atoms with van der Waals surface area (Å²) in [6, 6.07) is 0. The molecule has 1 unspecified atom stereocenters. The fourth-order valence-electron chi connectivity index (χ4n) is 1.15. The van der Waals surface area contributed by atoms with Crippen molar-refractivity contribution in [3.8, 4) is 0 Å². The van der Waals surface area contributed by atoms with Crippen LogP contribution in [0.25, 0.3) is 0 Å². The van der Waals surface area contributed by atoms with Gasteiger partial charge in [0.15, 0.2) is 5.16 Å². The number of aliphatic carboxylic acids is 1. The molecule has 0 aromatic carbocycles. The van der Waals surface area contributed by atoms with Crippen LogP contribution in [-0.2, 0) is 11.3 Å². The first-order valence-corrected chi connectivity index (χ1v) is 6.17. The number of thioether (sulfide) groups is 1. The monoisotopic (exact) mass is 260 g/mol. The van der Waals surface area contributed by atoms with E-state index in [0.29, 0.717) is 23.9 Å². The summed E-state index contributed by atoms with van der Waals surface area (Å²) in [5.41, 5.74) is 4.08. The van der Waals surface area contributed by atoms with E-state index in [4.69, 9.17) is 10.8 Å². The Hall–Kier alpha value is -1.28. The van der Waals surface area contributed by atoms with E-state index in [-0.39, 0.29) is 5.69 Å². The van der Waals surface area contributed by atoms with Gasteiger partial charge in [0, 0.05) is 12.3 Å². The van der Waals surface area contributed by atoms with Gasteiger partial charge in [0.25, 0.3) is 0 Å². The van der Waals surface area contributed by atoms with Gasteiger partial charge >= 0.3 is 11.7 Å². The number of aromatic amines is 1. The summed E-state index contributed by atoms with van der Waals surface area (Å²) in [5.74, 6) is -0.545. The first kappa shape index (κ1) is 13.8. The topological polar surface area (TPSA) is 114 Å². The van der Waals surface area contributed by atoms with Gasteiger partial charge < -0.3 is 10.8 Å². The molecule has 0 radical (unpaired) electrons. The first-order chi connectivity index (χ1) is 7.88. The predicted octanol–water partition coefficient (Wildman–Crippen LogP) is -0.124. The van der Waals surface area contributed by atoms with Gasteiger partial charge in [0.05, 0.1) is 0 Å². The van der Waals surface area contributed by atoms with E-state index in [1.165, 1.54) is 23.3 Å². The number of aromatic nitrogens is 3. The SMILES string of the molecule is CCn1c(SCCC(C)(N)C(=O)O)n[nH]c1=O.